The Kier molecular flexibility index (Phi) is 5.36. The lowest BCUT2D eigenvalue weighted by atomic mass is 10.1. The molecule has 0 saturated heterocycles. The molecule has 0 unspecified atom stereocenters. The summed E-state index contributed by atoms with van der Waals surface area (Å²) in [5, 5.41) is 4.12. The third-order valence-corrected chi connectivity index (χ3v) is 3.17. The van der Waals surface area contributed by atoms with Gasteiger partial charge in [0.2, 0.25) is 0 Å². The molecule has 0 radical (unpaired) electrons. The van der Waals surface area contributed by atoms with Gasteiger partial charge in [-0.1, -0.05) is 6.92 Å². The molecule has 0 aliphatic carbocycles. The fraction of sp³-hybridized carbons (Fsp3) is 0.294. The van der Waals surface area contributed by atoms with Crippen molar-refractivity contribution < 1.29 is 13.9 Å². The second kappa shape index (κ2) is 7.45. The second-order valence-corrected chi connectivity index (χ2v) is 4.90. The SMILES string of the molecule is CCCOc1ccc(/C(C)=N\NC(=O)c2ccoc2C)cc1. The molecule has 0 spiro atoms. The number of ether oxygens (including phenoxy) is 1. The Morgan fingerprint density at radius 1 is 1.27 bits per heavy atom. The molecule has 116 valence electrons. The summed E-state index contributed by atoms with van der Waals surface area (Å²) in [6.45, 7) is 6.34. The molecule has 0 atom stereocenters. The summed E-state index contributed by atoms with van der Waals surface area (Å²) in [4.78, 5) is 11.9. The zero-order valence-electron chi connectivity index (χ0n) is 13.1. The van der Waals surface area contributed by atoms with E-state index in [9.17, 15) is 4.79 Å². The average molecular weight is 300 g/mol. The molecule has 1 heterocycles. The van der Waals surface area contributed by atoms with E-state index in [2.05, 4.69) is 17.5 Å². The summed E-state index contributed by atoms with van der Waals surface area (Å²) in [7, 11) is 0. The van der Waals surface area contributed by atoms with E-state index in [1.807, 2.05) is 31.2 Å². The smallest absolute Gasteiger partial charge is 0.274 e. The van der Waals surface area contributed by atoms with Crippen LogP contribution in [-0.2, 0) is 0 Å². The van der Waals surface area contributed by atoms with Crippen LogP contribution in [0.5, 0.6) is 5.75 Å². The number of nitrogens with one attached hydrogen (secondary N) is 1. The number of carbonyl (C=O) groups is 1. The van der Waals surface area contributed by atoms with E-state index in [-0.39, 0.29) is 5.91 Å². The van der Waals surface area contributed by atoms with Crippen LogP contribution in [0.2, 0.25) is 0 Å². The monoisotopic (exact) mass is 300 g/mol. The van der Waals surface area contributed by atoms with Crippen molar-refractivity contribution in [3.05, 3.63) is 53.5 Å². The molecule has 22 heavy (non-hydrogen) atoms. The first-order chi connectivity index (χ1) is 10.6. The van der Waals surface area contributed by atoms with E-state index in [1.54, 1.807) is 13.0 Å². The molecular formula is C17H20N2O3. The number of benzene rings is 1. The lowest BCUT2D eigenvalue weighted by Gasteiger charge is -2.06. The van der Waals surface area contributed by atoms with Crippen molar-refractivity contribution in [1.82, 2.24) is 5.43 Å². The maximum Gasteiger partial charge on any atom is 0.274 e. The van der Waals surface area contributed by atoms with Gasteiger partial charge in [0, 0.05) is 0 Å². The predicted octanol–water partition coefficient (Wildman–Crippen LogP) is 3.53. The topological polar surface area (TPSA) is 63.8 Å². The lowest BCUT2D eigenvalue weighted by Crippen LogP contribution is -2.19. The highest BCUT2D eigenvalue weighted by atomic mass is 16.5. The number of hydrogen-bond acceptors (Lipinski definition) is 4. The van der Waals surface area contributed by atoms with E-state index in [0.717, 1.165) is 23.4 Å². The van der Waals surface area contributed by atoms with E-state index in [0.29, 0.717) is 17.9 Å². The van der Waals surface area contributed by atoms with Gasteiger partial charge in [0.25, 0.3) is 5.91 Å². The first-order valence-electron chi connectivity index (χ1n) is 7.23. The summed E-state index contributed by atoms with van der Waals surface area (Å²) < 4.78 is 10.6. The summed E-state index contributed by atoms with van der Waals surface area (Å²) in [5.74, 6) is 1.12. The molecule has 5 heteroatoms. The zero-order valence-corrected chi connectivity index (χ0v) is 13.1. The number of amides is 1. The van der Waals surface area contributed by atoms with Crippen molar-refractivity contribution in [3.63, 3.8) is 0 Å². The third-order valence-electron chi connectivity index (χ3n) is 3.17. The van der Waals surface area contributed by atoms with Gasteiger partial charge in [-0.25, -0.2) is 5.43 Å². The summed E-state index contributed by atoms with van der Waals surface area (Å²) in [6, 6.07) is 9.24. The second-order valence-electron chi connectivity index (χ2n) is 4.90. The molecule has 0 fully saturated rings. The standard InChI is InChI=1S/C17H20N2O3/c1-4-10-22-15-7-5-14(6-8-15)12(2)18-19-17(20)16-9-11-21-13(16)3/h5-9,11H,4,10H2,1-3H3,(H,19,20)/b18-12-. The molecule has 0 saturated carbocycles. The number of hydrogen-bond donors (Lipinski definition) is 1. The molecule has 1 aromatic carbocycles. The minimum Gasteiger partial charge on any atom is -0.494 e. The van der Waals surface area contributed by atoms with Gasteiger partial charge in [0.05, 0.1) is 24.1 Å². The number of nitrogens with zero attached hydrogens (tertiary/aromatic N) is 1. The van der Waals surface area contributed by atoms with Crippen LogP contribution in [0.1, 0.15) is 41.9 Å². The largest absolute Gasteiger partial charge is 0.494 e. The quantitative estimate of drug-likeness (QED) is 0.655. The van der Waals surface area contributed by atoms with Gasteiger partial charge in [-0.15, -0.1) is 0 Å². The number of aryl methyl sites for hydroxylation is 1. The van der Waals surface area contributed by atoms with Crippen molar-refractivity contribution in [2.45, 2.75) is 27.2 Å². The average Bonchev–Trinajstić information content (AvgIpc) is 2.97. The van der Waals surface area contributed by atoms with Crippen molar-refractivity contribution in [2.24, 2.45) is 5.10 Å². The van der Waals surface area contributed by atoms with Crippen LogP contribution < -0.4 is 10.2 Å². The molecule has 0 bridgehead atoms. The Balaban J connectivity index is 2.00. The predicted molar refractivity (Wildman–Crippen MR) is 85.4 cm³/mol. The van der Waals surface area contributed by atoms with E-state index in [1.165, 1.54) is 6.26 Å². The molecule has 5 nitrogen and oxygen atoms in total. The van der Waals surface area contributed by atoms with Crippen LogP contribution in [-0.4, -0.2) is 18.2 Å². The van der Waals surface area contributed by atoms with Crippen LogP contribution in [0.25, 0.3) is 0 Å². The third kappa shape index (κ3) is 3.97. The van der Waals surface area contributed by atoms with Gasteiger partial charge in [-0.05, 0) is 56.2 Å². The Morgan fingerprint density at radius 2 is 2.00 bits per heavy atom. The fourth-order valence-corrected chi connectivity index (χ4v) is 1.89. The van der Waals surface area contributed by atoms with Crippen LogP contribution in [0, 0.1) is 6.92 Å². The summed E-state index contributed by atoms with van der Waals surface area (Å²) in [5.41, 5.74) is 4.66. The van der Waals surface area contributed by atoms with Crippen LogP contribution in [0.4, 0.5) is 0 Å². The van der Waals surface area contributed by atoms with Crippen LogP contribution in [0.15, 0.2) is 46.1 Å². The van der Waals surface area contributed by atoms with E-state index >= 15 is 0 Å². The molecule has 1 N–H and O–H groups in total. The summed E-state index contributed by atoms with van der Waals surface area (Å²) >= 11 is 0. The Morgan fingerprint density at radius 3 is 2.59 bits per heavy atom. The maximum atomic E-state index is 11.9. The molecule has 1 aromatic heterocycles. The molecule has 0 aliphatic rings. The highest BCUT2D eigenvalue weighted by Crippen LogP contribution is 2.13. The minimum absolute atomic E-state index is 0.284. The molecular weight excluding hydrogens is 280 g/mol. The van der Waals surface area contributed by atoms with Gasteiger partial charge in [-0.3, -0.25) is 4.79 Å². The van der Waals surface area contributed by atoms with Gasteiger partial charge in [-0.2, -0.15) is 5.10 Å². The molecule has 0 aliphatic heterocycles. The number of rotatable bonds is 6. The Labute approximate surface area is 130 Å². The fourth-order valence-electron chi connectivity index (χ4n) is 1.89. The normalized spacial score (nSPS) is 11.3. The maximum absolute atomic E-state index is 11.9. The summed E-state index contributed by atoms with van der Waals surface area (Å²) in [6.07, 6.45) is 2.46. The first kappa shape index (κ1) is 15.8. The van der Waals surface area contributed by atoms with Crippen LogP contribution >= 0.6 is 0 Å². The van der Waals surface area contributed by atoms with Gasteiger partial charge >= 0.3 is 0 Å². The van der Waals surface area contributed by atoms with E-state index < -0.39 is 0 Å². The minimum atomic E-state index is -0.284. The van der Waals surface area contributed by atoms with Crippen molar-refractivity contribution >= 4 is 11.6 Å². The molecule has 2 aromatic rings. The highest BCUT2D eigenvalue weighted by molar-refractivity contribution is 6.01. The molecule has 1 amide bonds. The Bertz CT molecular complexity index is 657. The van der Waals surface area contributed by atoms with Gasteiger partial charge < -0.3 is 9.15 Å². The van der Waals surface area contributed by atoms with Crippen LogP contribution in [0.3, 0.4) is 0 Å². The number of furan rings is 1. The first-order valence-corrected chi connectivity index (χ1v) is 7.23. The lowest BCUT2D eigenvalue weighted by molar-refractivity contribution is 0.0953. The number of hydrazone groups is 1. The molecule has 2 rings (SSSR count). The van der Waals surface area contributed by atoms with Crippen molar-refractivity contribution in [1.29, 1.82) is 0 Å². The zero-order chi connectivity index (χ0) is 15.9. The van der Waals surface area contributed by atoms with Gasteiger partial charge in [0.15, 0.2) is 0 Å². The van der Waals surface area contributed by atoms with Crippen molar-refractivity contribution in [2.75, 3.05) is 6.61 Å². The van der Waals surface area contributed by atoms with E-state index in [4.69, 9.17) is 9.15 Å². The highest BCUT2D eigenvalue weighted by Gasteiger charge is 2.10. The number of carbonyl (C=O) groups excluding carboxylic acids is 1. The van der Waals surface area contributed by atoms with Gasteiger partial charge in [0.1, 0.15) is 11.5 Å². The Hall–Kier alpha value is -2.56. The van der Waals surface area contributed by atoms with Crippen molar-refractivity contribution in [3.8, 4) is 5.75 Å².